The summed E-state index contributed by atoms with van der Waals surface area (Å²) in [5, 5.41) is 9.56. The first-order chi connectivity index (χ1) is 5.27. The molecule has 0 aromatic carbocycles. The smallest absolute Gasteiger partial charge is 0.347 e. The van der Waals surface area contributed by atoms with E-state index in [1.807, 2.05) is 0 Å². The minimum atomic E-state index is -0.866. The van der Waals surface area contributed by atoms with Gasteiger partial charge in [0.15, 0.2) is 0 Å². The summed E-state index contributed by atoms with van der Waals surface area (Å²) in [6.45, 7) is 0. The molecule has 0 atom stereocenters. The Labute approximate surface area is 67.7 Å². The first kappa shape index (κ1) is 6.79. The summed E-state index contributed by atoms with van der Waals surface area (Å²) in [6, 6.07) is 0. The Hall–Kier alpha value is -0.900. The van der Waals surface area contributed by atoms with E-state index in [1.165, 1.54) is 30.4 Å². The van der Waals surface area contributed by atoms with Gasteiger partial charge in [-0.15, -0.1) is 11.3 Å². The molecule has 0 saturated heterocycles. The summed E-state index contributed by atoms with van der Waals surface area (Å²) in [5.41, 5.74) is 0. The number of aromatic nitrogens is 1. The molecule has 1 saturated carbocycles. The molecule has 1 heterocycles. The molecule has 0 amide bonds. The SMILES string of the molecule is O=C(O)c1cnc(C2CC2)s1. The van der Waals surface area contributed by atoms with Crippen molar-refractivity contribution in [1.82, 2.24) is 4.98 Å². The largest absolute Gasteiger partial charge is 0.477 e. The molecule has 0 bridgehead atoms. The number of carbonyl (C=O) groups is 1. The van der Waals surface area contributed by atoms with E-state index < -0.39 is 5.97 Å². The standard InChI is InChI=1S/C7H7NO2S/c9-7(10)5-3-8-6(11-5)4-1-2-4/h3-4H,1-2H2,(H,9,10). The molecule has 58 valence electrons. The molecule has 1 aromatic rings. The molecule has 3 nitrogen and oxygen atoms in total. The molecule has 1 N–H and O–H groups in total. The molecule has 1 aliphatic carbocycles. The van der Waals surface area contributed by atoms with Crippen LogP contribution in [0, 0.1) is 0 Å². The monoisotopic (exact) mass is 169 g/mol. The van der Waals surface area contributed by atoms with Gasteiger partial charge in [-0.2, -0.15) is 0 Å². The second kappa shape index (κ2) is 2.30. The van der Waals surface area contributed by atoms with Crippen molar-refractivity contribution in [2.45, 2.75) is 18.8 Å². The zero-order chi connectivity index (χ0) is 7.84. The van der Waals surface area contributed by atoms with Crippen LogP contribution in [-0.2, 0) is 0 Å². The van der Waals surface area contributed by atoms with Crippen molar-refractivity contribution >= 4 is 17.3 Å². The molecule has 11 heavy (non-hydrogen) atoms. The van der Waals surface area contributed by atoms with E-state index >= 15 is 0 Å². The third-order valence-corrected chi connectivity index (χ3v) is 2.81. The van der Waals surface area contributed by atoms with Crippen molar-refractivity contribution in [3.8, 4) is 0 Å². The van der Waals surface area contributed by atoms with Crippen molar-refractivity contribution in [3.05, 3.63) is 16.1 Å². The zero-order valence-electron chi connectivity index (χ0n) is 5.78. The van der Waals surface area contributed by atoms with Crippen molar-refractivity contribution < 1.29 is 9.90 Å². The fourth-order valence-electron chi connectivity index (χ4n) is 0.906. The Morgan fingerprint density at radius 3 is 2.91 bits per heavy atom. The fourth-order valence-corrected chi connectivity index (χ4v) is 1.83. The van der Waals surface area contributed by atoms with Gasteiger partial charge in [-0.25, -0.2) is 9.78 Å². The normalized spacial score (nSPS) is 16.7. The lowest BCUT2D eigenvalue weighted by Gasteiger charge is -1.83. The molecule has 0 radical (unpaired) electrons. The average Bonchev–Trinajstić information content (AvgIpc) is 2.68. The molecule has 1 fully saturated rings. The molecule has 4 heteroatoms. The summed E-state index contributed by atoms with van der Waals surface area (Å²) >= 11 is 1.30. The summed E-state index contributed by atoms with van der Waals surface area (Å²) in [7, 11) is 0. The molecule has 1 aromatic heterocycles. The van der Waals surface area contributed by atoms with Crippen LogP contribution in [-0.4, -0.2) is 16.1 Å². The first-order valence-corrected chi connectivity index (χ1v) is 4.28. The lowest BCUT2D eigenvalue weighted by atomic mass is 10.5. The number of aromatic carboxylic acids is 1. The quantitative estimate of drug-likeness (QED) is 0.733. The third-order valence-electron chi connectivity index (χ3n) is 1.66. The Bertz CT molecular complexity index is 290. The van der Waals surface area contributed by atoms with E-state index in [9.17, 15) is 4.79 Å². The average molecular weight is 169 g/mol. The lowest BCUT2D eigenvalue weighted by molar-refractivity contribution is 0.0702. The van der Waals surface area contributed by atoms with Crippen LogP contribution >= 0.6 is 11.3 Å². The van der Waals surface area contributed by atoms with E-state index in [0.29, 0.717) is 10.8 Å². The van der Waals surface area contributed by atoms with Gasteiger partial charge < -0.3 is 5.11 Å². The summed E-state index contributed by atoms with van der Waals surface area (Å²) in [5.74, 6) is -0.303. The van der Waals surface area contributed by atoms with E-state index in [1.54, 1.807) is 0 Å². The molecular weight excluding hydrogens is 162 g/mol. The first-order valence-electron chi connectivity index (χ1n) is 3.46. The van der Waals surface area contributed by atoms with Crippen LogP contribution < -0.4 is 0 Å². The number of hydrogen-bond acceptors (Lipinski definition) is 3. The van der Waals surface area contributed by atoms with Gasteiger partial charge in [0, 0.05) is 5.92 Å². The number of carboxylic acids is 1. The number of thiazole rings is 1. The second-order valence-electron chi connectivity index (χ2n) is 2.64. The van der Waals surface area contributed by atoms with E-state index in [2.05, 4.69) is 4.98 Å². The number of hydrogen-bond donors (Lipinski definition) is 1. The number of carboxylic acid groups (broad SMARTS) is 1. The second-order valence-corrected chi connectivity index (χ2v) is 3.70. The molecular formula is C7H7NO2S. The lowest BCUT2D eigenvalue weighted by Crippen LogP contribution is -1.89. The van der Waals surface area contributed by atoms with Gasteiger partial charge in [0.05, 0.1) is 11.2 Å². The highest BCUT2D eigenvalue weighted by atomic mass is 32.1. The van der Waals surface area contributed by atoms with Crippen LogP contribution in [0.2, 0.25) is 0 Å². The van der Waals surface area contributed by atoms with Crippen molar-refractivity contribution in [2.24, 2.45) is 0 Å². The highest BCUT2D eigenvalue weighted by Gasteiger charge is 2.27. The van der Waals surface area contributed by atoms with Gasteiger partial charge in [0.25, 0.3) is 0 Å². The van der Waals surface area contributed by atoms with Gasteiger partial charge in [-0.3, -0.25) is 0 Å². The zero-order valence-corrected chi connectivity index (χ0v) is 6.60. The maximum atomic E-state index is 10.4. The van der Waals surface area contributed by atoms with E-state index in [-0.39, 0.29) is 0 Å². The van der Waals surface area contributed by atoms with Crippen LogP contribution in [0.25, 0.3) is 0 Å². The molecule has 0 unspecified atom stereocenters. The van der Waals surface area contributed by atoms with Gasteiger partial charge >= 0.3 is 5.97 Å². The van der Waals surface area contributed by atoms with E-state index in [0.717, 1.165) is 5.01 Å². The predicted octanol–water partition coefficient (Wildman–Crippen LogP) is 1.72. The van der Waals surface area contributed by atoms with Crippen molar-refractivity contribution in [2.75, 3.05) is 0 Å². The van der Waals surface area contributed by atoms with Gasteiger partial charge in [-0.05, 0) is 12.8 Å². The van der Waals surface area contributed by atoms with Gasteiger partial charge in [0.1, 0.15) is 4.88 Å². The van der Waals surface area contributed by atoms with E-state index in [4.69, 9.17) is 5.11 Å². The van der Waals surface area contributed by atoms with Crippen LogP contribution in [0.1, 0.15) is 33.4 Å². The summed E-state index contributed by atoms with van der Waals surface area (Å²) < 4.78 is 0. The van der Waals surface area contributed by atoms with Gasteiger partial charge in [0.2, 0.25) is 0 Å². The molecule has 0 spiro atoms. The summed E-state index contributed by atoms with van der Waals surface area (Å²) in [4.78, 5) is 14.8. The minimum Gasteiger partial charge on any atom is -0.477 e. The van der Waals surface area contributed by atoms with Crippen LogP contribution in [0.3, 0.4) is 0 Å². The highest BCUT2D eigenvalue weighted by Crippen LogP contribution is 2.41. The topological polar surface area (TPSA) is 50.2 Å². The van der Waals surface area contributed by atoms with Crippen LogP contribution in [0.4, 0.5) is 0 Å². The van der Waals surface area contributed by atoms with Crippen molar-refractivity contribution in [3.63, 3.8) is 0 Å². The fraction of sp³-hybridized carbons (Fsp3) is 0.429. The van der Waals surface area contributed by atoms with Crippen molar-refractivity contribution in [1.29, 1.82) is 0 Å². The Morgan fingerprint density at radius 2 is 2.45 bits per heavy atom. The maximum Gasteiger partial charge on any atom is 0.347 e. The molecule has 0 aliphatic heterocycles. The molecule has 1 aliphatic rings. The van der Waals surface area contributed by atoms with Crippen LogP contribution in [0.5, 0.6) is 0 Å². The number of rotatable bonds is 2. The Kier molecular flexibility index (Phi) is 1.42. The molecule has 2 rings (SSSR count). The predicted molar refractivity (Wildman–Crippen MR) is 41.0 cm³/mol. The number of nitrogens with zero attached hydrogens (tertiary/aromatic N) is 1. The van der Waals surface area contributed by atoms with Gasteiger partial charge in [-0.1, -0.05) is 0 Å². The third kappa shape index (κ3) is 1.26. The maximum absolute atomic E-state index is 10.4. The Morgan fingerprint density at radius 1 is 1.73 bits per heavy atom. The summed E-state index contributed by atoms with van der Waals surface area (Å²) in [6.07, 6.45) is 3.79. The highest BCUT2D eigenvalue weighted by molar-refractivity contribution is 7.13. The Balaban J connectivity index is 2.25. The van der Waals surface area contributed by atoms with Crippen LogP contribution in [0.15, 0.2) is 6.20 Å². The minimum absolute atomic E-state index is 0.354.